The predicted octanol–water partition coefficient (Wildman–Crippen LogP) is 3.39. The highest BCUT2D eigenvalue weighted by Gasteiger charge is 2.07. The number of nitrogens with one attached hydrogen (secondary N) is 2. The number of hydrogen-bond acceptors (Lipinski definition) is 3. The average Bonchev–Trinajstić information content (AvgIpc) is 2.96. The highest BCUT2D eigenvalue weighted by atomic mass is 15.1. The zero-order valence-corrected chi connectivity index (χ0v) is 11.3. The summed E-state index contributed by atoms with van der Waals surface area (Å²) in [6.07, 6.45) is 5.51. The predicted molar refractivity (Wildman–Crippen MR) is 80.3 cm³/mol. The molecule has 2 aromatic heterocycles. The summed E-state index contributed by atoms with van der Waals surface area (Å²) < 4.78 is 0. The number of aryl methyl sites for hydroxylation is 1. The number of aromatic amines is 1. The Bertz CT molecular complexity index is 688. The van der Waals surface area contributed by atoms with Gasteiger partial charge in [0.2, 0.25) is 0 Å². The molecule has 4 heteroatoms. The van der Waals surface area contributed by atoms with Crippen molar-refractivity contribution in [2.45, 2.75) is 13.5 Å². The van der Waals surface area contributed by atoms with Gasteiger partial charge in [0, 0.05) is 18.3 Å². The van der Waals surface area contributed by atoms with E-state index in [9.17, 15) is 0 Å². The van der Waals surface area contributed by atoms with E-state index in [2.05, 4.69) is 39.6 Å². The molecule has 0 atom stereocenters. The Balaban J connectivity index is 1.80. The van der Waals surface area contributed by atoms with Crippen molar-refractivity contribution in [3.8, 4) is 11.3 Å². The Hall–Kier alpha value is -2.62. The third-order valence-electron chi connectivity index (χ3n) is 3.29. The topological polar surface area (TPSA) is 53.6 Å². The molecule has 2 N–H and O–H groups in total. The minimum absolute atomic E-state index is 0.716. The van der Waals surface area contributed by atoms with Crippen LogP contribution in [0.15, 0.2) is 55.0 Å². The second-order valence-corrected chi connectivity index (χ2v) is 4.68. The number of rotatable bonds is 4. The Labute approximate surface area is 117 Å². The van der Waals surface area contributed by atoms with Crippen LogP contribution in [0.3, 0.4) is 0 Å². The molecule has 4 nitrogen and oxygen atoms in total. The first-order valence-electron chi connectivity index (χ1n) is 6.57. The lowest BCUT2D eigenvalue weighted by Crippen LogP contribution is -2.01. The quantitative estimate of drug-likeness (QED) is 0.759. The van der Waals surface area contributed by atoms with Crippen molar-refractivity contribution in [1.29, 1.82) is 0 Å². The molecule has 0 saturated carbocycles. The molecule has 0 aliphatic heterocycles. The first kappa shape index (κ1) is 12.4. The highest BCUT2D eigenvalue weighted by Crippen LogP contribution is 2.22. The van der Waals surface area contributed by atoms with Crippen molar-refractivity contribution >= 4 is 5.69 Å². The molecule has 0 radical (unpaired) electrons. The number of nitrogens with zero attached hydrogens (tertiary/aromatic N) is 2. The lowest BCUT2D eigenvalue weighted by Gasteiger charge is -2.09. The molecule has 0 aliphatic rings. The van der Waals surface area contributed by atoms with E-state index in [1.54, 1.807) is 6.20 Å². The molecule has 0 aliphatic carbocycles. The molecule has 3 rings (SSSR count). The number of H-pyrrole nitrogens is 1. The highest BCUT2D eigenvalue weighted by molar-refractivity contribution is 5.63. The summed E-state index contributed by atoms with van der Waals surface area (Å²) in [6.45, 7) is 2.78. The number of anilines is 1. The van der Waals surface area contributed by atoms with Gasteiger partial charge < -0.3 is 5.32 Å². The molecule has 20 heavy (non-hydrogen) atoms. The summed E-state index contributed by atoms with van der Waals surface area (Å²) in [5.41, 5.74) is 5.57. The van der Waals surface area contributed by atoms with Gasteiger partial charge in [0.25, 0.3) is 0 Å². The van der Waals surface area contributed by atoms with Crippen LogP contribution in [0.5, 0.6) is 0 Å². The van der Waals surface area contributed by atoms with Crippen LogP contribution >= 0.6 is 0 Å². The lowest BCUT2D eigenvalue weighted by atomic mass is 10.1. The van der Waals surface area contributed by atoms with Crippen molar-refractivity contribution in [1.82, 2.24) is 15.2 Å². The van der Waals surface area contributed by atoms with Crippen LogP contribution in [-0.2, 0) is 6.54 Å². The van der Waals surface area contributed by atoms with Crippen LogP contribution in [0.2, 0.25) is 0 Å². The van der Waals surface area contributed by atoms with Gasteiger partial charge in [0.1, 0.15) is 0 Å². The lowest BCUT2D eigenvalue weighted by molar-refractivity contribution is 1.10. The summed E-state index contributed by atoms with van der Waals surface area (Å²) in [5.74, 6) is 0. The first-order chi connectivity index (χ1) is 9.84. The molecule has 0 bridgehead atoms. The van der Waals surface area contributed by atoms with Crippen LogP contribution in [0.25, 0.3) is 11.3 Å². The summed E-state index contributed by atoms with van der Waals surface area (Å²) in [7, 11) is 0. The molecule has 2 heterocycles. The number of benzene rings is 1. The summed E-state index contributed by atoms with van der Waals surface area (Å²) in [4.78, 5) is 4.14. The van der Waals surface area contributed by atoms with Crippen molar-refractivity contribution in [2.24, 2.45) is 0 Å². The minimum atomic E-state index is 0.716. The Morgan fingerprint density at radius 3 is 2.75 bits per heavy atom. The van der Waals surface area contributed by atoms with Gasteiger partial charge in [-0.2, -0.15) is 5.10 Å². The van der Waals surface area contributed by atoms with Crippen LogP contribution < -0.4 is 5.32 Å². The van der Waals surface area contributed by atoms with E-state index in [0.717, 1.165) is 22.5 Å². The second kappa shape index (κ2) is 5.57. The zero-order valence-electron chi connectivity index (χ0n) is 11.3. The third kappa shape index (κ3) is 2.54. The normalized spacial score (nSPS) is 10.4. The largest absolute Gasteiger partial charge is 0.379 e. The fraction of sp³-hybridized carbons (Fsp3) is 0.125. The molecule has 3 aromatic rings. The molecule has 1 aromatic carbocycles. The summed E-state index contributed by atoms with van der Waals surface area (Å²) in [6, 6.07) is 12.2. The zero-order chi connectivity index (χ0) is 13.8. The average molecular weight is 264 g/mol. The van der Waals surface area contributed by atoms with Crippen LogP contribution in [0.4, 0.5) is 5.69 Å². The first-order valence-corrected chi connectivity index (χ1v) is 6.57. The van der Waals surface area contributed by atoms with E-state index in [0.29, 0.717) is 6.54 Å². The molecular weight excluding hydrogens is 248 g/mol. The minimum Gasteiger partial charge on any atom is -0.379 e. The van der Waals surface area contributed by atoms with Gasteiger partial charge >= 0.3 is 0 Å². The fourth-order valence-corrected chi connectivity index (χ4v) is 2.14. The summed E-state index contributed by atoms with van der Waals surface area (Å²) >= 11 is 0. The fourth-order valence-electron chi connectivity index (χ4n) is 2.14. The second-order valence-electron chi connectivity index (χ2n) is 4.68. The van der Waals surface area contributed by atoms with E-state index in [4.69, 9.17) is 0 Å². The van der Waals surface area contributed by atoms with E-state index in [1.165, 1.54) is 5.56 Å². The molecule has 0 unspecified atom stereocenters. The van der Waals surface area contributed by atoms with Crippen LogP contribution in [0.1, 0.15) is 11.1 Å². The van der Waals surface area contributed by atoms with Gasteiger partial charge in [-0.15, -0.1) is 0 Å². The molecule has 0 amide bonds. The maximum atomic E-state index is 4.15. The van der Waals surface area contributed by atoms with E-state index < -0.39 is 0 Å². The Morgan fingerprint density at radius 2 is 1.95 bits per heavy atom. The number of hydrogen-bond donors (Lipinski definition) is 2. The van der Waals surface area contributed by atoms with Crippen LogP contribution in [-0.4, -0.2) is 15.2 Å². The SMILES string of the molecule is Cc1ccncc1NCc1cn[nH]c1-c1ccccc1. The van der Waals surface area contributed by atoms with E-state index in [1.807, 2.05) is 36.7 Å². The van der Waals surface area contributed by atoms with Crippen molar-refractivity contribution in [2.75, 3.05) is 5.32 Å². The van der Waals surface area contributed by atoms with Crippen LogP contribution in [0, 0.1) is 6.92 Å². The molecule has 0 fully saturated rings. The molecule has 100 valence electrons. The van der Waals surface area contributed by atoms with Gasteiger partial charge in [-0.05, 0) is 24.1 Å². The van der Waals surface area contributed by atoms with E-state index in [-0.39, 0.29) is 0 Å². The maximum Gasteiger partial charge on any atom is 0.0700 e. The monoisotopic (exact) mass is 264 g/mol. The Kier molecular flexibility index (Phi) is 3.46. The van der Waals surface area contributed by atoms with Crippen molar-refractivity contribution in [3.05, 3.63) is 66.1 Å². The van der Waals surface area contributed by atoms with Gasteiger partial charge in [-0.25, -0.2) is 0 Å². The maximum absolute atomic E-state index is 4.15. The Morgan fingerprint density at radius 1 is 1.10 bits per heavy atom. The van der Waals surface area contributed by atoms with Crippen molar-refractivity contribution < 1.29 is 0 Å². The molecule has 0 saturated heterocycles. The molecular formula is C16H16N4. The summed E-state index contributed by atoms with van der Waals surface area (Å²) in [5, 5.41) is 10.6. The van der Waals surface area contributed by atoms with E-state index >= 15 is 0 Å². The smallest absolute Gasteiger partial charge is 0.0700 e. The number of aromatic nitrogens is 3. The van der Waals surface area contributed by atoms with Gasteiger partial charge in [0.05, 0.1) is 23.8 Å². The van der Waals surface area contributed by atoms with Gasteiger partial charge in [-0.3, -0.25) is 10.1 Å². The van der Waals surface area contributed by atoms with Gasteiger partial charge in [-0.1, -0.05) is 30.3 Å². The van der Waals surface area contributed by atoms with Crippen molar-refractivity contribution in [3.63, 3.8) is 0 Å². The van der Waals surface area contributed by atoms with Gasteiger partial charge in [0.15, 0.2) is 0 Å². The molecule has 0 spiro atoms. The number of pyridine rings is 1. The third-order valence-corrected chi connectivity index (χ3v) is 3.29. The standard InChI is InChI=1S/C16H16N4/c1-12-7-8-17-11-15(12)18-9-14-10-19-20-16(14)13-5-3-2-4-6-13/h2-8,10-11,18H,9H2,1H3,(H,19,20).